The Morgan fingerprint density at radius 2 is 1.62 bits per heavy atom. The number of hydrogen-bond acceptors (Lipinski definition) is 2. The lowest BCUT2D eigenvalue weighted by atomic mass is 10.0. The van der Waals surface area contributed by atoms with Crippen molar-refractivity contribution in [3.63, 3.8) is 0 Å². The van der Waals surface area contributed by atoms with Crippen LogP contribution >= 0.6 is 46.4 Å². The molecule has 0 saturated heterocycles. The Morgan fingerprint density at radius 3 is 2.19 bits per heavy atom. The maximum atomic E-state index is 11.6. The maximum Gasteiger partial charge on any atom is 0.341 e. The van der Waals surface area contributed by atoms with E-state index in [1.54, 1.807) is 0 Å². The zero-order valence-electron chi connectivity index (χ0n) is 7.69. The predicted octanol–water partition coefficient (Wildman–Crippen LogP) is 4.70. The smallest absolute Gasteiger partial charge is 0.341 e. The number of ether oxygens (including phenoxy) is 1. The first-order valence-electron chi connectivity index (χ1n) is 4.18. The van der Waals surface area contributed by atoms with Crippen molar-refractivity contribution in [3.8, 4) is 0 Å². The van der Waals surface area contributed by atoms with Crippen molar-refractivity contribution in [2.24, 2.45) is 0 Å². The summed E-state index contributed by atoms with van der Waals surface area (Å²) in [6, 6.07) is 0. The van der Waals surface area contributed by atoms with Gasteiger partial charge < -0.3 is 4.74 Å². The van der Waals surface area contributed by atoms with Crippen LogP contribution in [0.4, 0.5) is 0 Å². The van der Waals surface area contributed by atoms with Crippen LogP contribution in [0.15, 0.2) is 12.7 Å². The van der Waals surface area contributed by atoms with E-state index < -0.39 is 12.1 Å². The second-order valence-corrected chi connectivity index (χ2v) is 4.62. The van der Waals surface area contributed by atoms with Crippen LogP contribution in [0.5, 0.6) is 0 Å². The van der Waals surface area contributed by atoms with E-state index in [9.17, 15) is 4.79 Å². The highest BCUT2D eigenvalue weighted by Gasteiger charge is 2.36. The van der Waals surface area contributed by atoms with Crippen molar-refractivity contribution in [3.05, 3.63) is 43.9 Å². The quantitative estimate of drug-likeness (QED) is 0.325. The molecule has 1 aliphatic heterocycles. The molecular formula is C10H4Cl4O2. The van der Waals surface area contributed by atoms with Gasteiger partial charge in [0, 0.05) is 5.56 Å². The van der Waals surface area contributed by atoms with Gasteiger partial charge in [-0.3, -0.25) is 0 Å². The van der Waals surface area contributed by atoms with E-state index in [0.717, 1.165) is 0 Å². The van der Waals surface area contributed by atoms with Gasteiger partial charge in [-0.1, -0.05) is 53.0 Å². The van der Waals surface area contributed by atoms with Crippen LogP contribution in [0.25, 0.3) is 0 Å². The van der Waals surface area contributed by atoms with Crippen molar-refractivity contribution >= 4 is 52.4 Å². The van der Waals surface area contributed by atoms with E-state index in [1.165, 1.54) is 6.08 Å². The summed E-state index contributed by atoms with van der Waals surface area (Å²) >= 11 is 23.7. The van der Waals surface area contributed by atoms with Crippen LogP contribution in [0.1, 0.15) is 22.0 Å². The molecular weight excluding hydrogens is 294 g/mol. The molecule has 0 fully saturated rings. The molecule has 6 heteroatoms. The molecule has 2 rings (SSSR count). The lowest BCUT2D eigenvalue weighted by Gasteiger charge is -2.09. The molecule has 1 aromatic carbocycles. The van der Waals surface area contributed by atoms with Gasteiger partial charge in [0.2, 0.25) is 0 Å². The van der Waals surface area contributed by atoms with E-state index in [4.69, 9.17) is 51.1 Å². The van der Waals surface area contributed by atoms with Crippen LogP contribution < -0.4 is 0 Å². The summed E-state index contributed by atoms with van der Waals surface area (Å²) in [6.45, 7) is 3.54. The monoisotopic (exact) mass is 296 g/mol. The number of rotatable bonds is 1. The number of hydrogen-bond donors (Lipinski definition) is 0. The fourth-order valence-corrected chi connectivity index (χ4v) is 2.57. The first-order chi connectivity index (χ1) is 7.49. The van der Waals surface area contributed by atoms with Gasteiger partial charge in [0.15, 0.2) is 0 Å². The second-order valence-electron chi connectivity index (χ2n) is 3.11. The van der Waals surface area contributed by atoms with Crippen molar-refractivity contribution in [1.82, 2.24) is 0 Å². The molecule has 0 aromatic heterocycles. The SMILES string of the molecule is C=CC1OC(=O)c2c(Cl)c(Cl)c(Cl)c(Cl)c21. The van der Waals surface area contributed by atoms with Gasteiger partial charge in [-0.05, 0) is 6.08 Å². The Balaban J connectivity index is 2.85. The van der Waals surface area contributed by atoms with Crippen molar-refractivity contribution < 1.29 is 9.53 Å². The molecule has 84 valence electrons. The molecule has 1 unspecified atom stereocenters. The Labute approximate surface area is 112 Å². The zero-order valence-corrected chi connectivity index (χ0v) is 10.7. The van der Waals surface area contributed by atoms with Gasteiger partial charge >= 0.3 is 5.97 Å². The van der Waals surface area contributed by atoms with Gasteiger partial charge in [0.25, 0.3) is 0 Å². The normalized spacial score (nSPS) is 18.2. The third kappa shape index (κ3) is 1.52. The summed E-state index contributed by atoms with van der Waals surface area (Å²) in [7, 11) is 0. The van der Waals surface area contributed by atoms with Crippen LogP contribution in [-0.4, -0.2) is 5.97 Å². The molecule has 0 spiro atoms. The molecule has 0 saturated carbocycles. The number of benzene rings is 1. The Morgan fingerprint density at radius 1 is 1.06 bits per heavy atom. The maximum absolute atomic E-state index is 11.6. The lowest BCUT2D eigenvalue weighted by molar-refractivity contribution is 0.0468. The van der Waals surface area contributed by atoms with Gasteiger partial charge in [-0.2, -0.15) is 0 Å². The average Bonchev–Trinajstić information content (AvgIpc) is 2.60. The summed E-state index contributed by atoms with van der Waals surface area (Å²) in [5, 5.41) is 0.383. The standard InChI is InChI=1S/C10H4Cl4O2/c1-2-3-4-5(10(15)16-3)7(12)9(14)8(13)6(4)11/h2-3H,1H2. The zero-order chi connectivity index (χ0) is 12.0. The fourth-order valence-electron chi connectivity index (χ4n) is 1.51. The third-order valence-corrected chi connectivity index (χ3v) is 4.06. The molecule has 0 bridgehead atoms. The first-order valence-corrected chi connectivity index (χ1v) is 5.69. The highest BCUT2D eigenvalue weighted by Crippen LogP contribution is 2.48. The number of carbonyl (C=O) groups is 1. The molecule has 0 aliphatic carbocycles. The van der Waals surface area contributed by atoms with Gasteiger partial charge in [0.05, 0.1) is 25.7 Å². The minimum Gasteiger partial charge on any atom is -0.449 e. The summed E-state index contributed by atoms with van der Waals surface area (Å²) in [5.74, 6) is -0.578. The van der Waals surface area contributed by atoms with Crippen molar-refractivity contribution in [1.29, 1.82) is 0 Å². The Bertz CT molecular complexity index is 510. The van der Waals surface area contributed by atoms with Crippen LogP contribution in [0.2, 0.25) is 20.1 Å². The molecule has 0 amide bonds. The Kier molecular flexibility index (Phi) is 3.10. The molecule has 1 atom stereocenters. The fraction of sp³-hybridized carbons (Fsp3) is 0.100. The number of esters is 1. The Hall–Kier alpha value is -0.410. The highest BCUT2D eigenvalue weighted by atomic mass is 35.5. The van der Waals surface area contributed by atoms with Gasteiger partial charge in [0.1, 0.15) is 6.10 Å². The number of fused-ring (bicyclic) bond motifs is 1. The van der Waals surface area contributed by atoms with Gasteiger partial charge in [-0.15, -0.1) is 0 Å². The number of carbonyl (C=O) groups excluding carboxylic acids is 1. The minimum absolute atomic E-state index is 0.0498. The van der Waals surface area contributed by atoms with E-state index in [1.807, 2.05) is 0 Å². The van der Waals surface area contributed by atoms with Gasteiger partial charge in [-0.25, -0.2) is 4.79 Å². The summed E-state index contributed by atoms with van der Waals surface area (Å²) in [4.78, 5) is 11.6. The molecule has 16 heavy (non-hydrogen) atoms. The molecule has 0 radical (unpaired) electrons. The molecule has 1 heterocycles. The second kappa shape index (κ2) is 4.11. The predicted molar refractivity (Wildman–Crippen MR) is 64.8 cm³/mol. The summed E-state index contributed by atoms with van der Waals surface area (Å²) < 4.78 is 5.01. The summed E-state index contributed by atoms with van der Waals surface area (Å²) in [6.07, 6.45) is 0.804. The highest BCUT2D eigenvalue weighted by molar-refractivity contribution is 6.53. The van der Waals surface area contributed by atoms with E-state index in [0.29, 0.717) is 5.56 Å². The van der Waals surface area contributed by atoms with Crippen molar-refractivity contribution in [2.45, 2.75) is 6.10 Å². The largest absolute Gasteiger partial charge is 0.449 e. The van der Waals surface area contributed by atoms with Crippen molar-refractivity contribution in [2.75, 3.05) is 0 Å². The average molecular weight is 298 g/mol. The summed E-state index contributed by atoms with van der Waals surface area (Å²) in [5.41, 5.74) is 0.576. The molecule has 1 aliphatic rings. The topological polar surface area (TPSA) is 26.3 Å². The molecule has 1 aromatic rings. The lowest BCUT2D eigenvalue weighted by Crippen LogP contribution is -1.96. The first kappa shape index (κ1) is 12.1. The van der Waals surface area contributed by atoms with E-state index >= 15 is 0 Å². The number of cyclic esters (lactones) is 1. The van der Waals surface area contributed by atoms with Crippen LogP contribution in [-0.2, 0) is 4.74 Å². The number of halogens is 4. The minimum atomic E-state index is -0.637. The van der Waals surface area contributed by atoms with E-state index in [2.05, 4.69) is 6.58 Å². The molecule has 2 nitrogen and oxygen atoms in total. The van der Waals surface area contributed by atoms with Crippen LogP contribution in [0, 0.1) is 0 Å². The van der Waals surface area contributed by atoms with Crippen LogP contribution in [0.3, 0.4) is 0 Å². The third-order valence-electron chi connectivity index (χ3n) is 2.24. The van der Waals surface area contributed by atoms with E-state index in [-0.39, 0.29) is 25.7 Å². The molecule has 0 N–H and O–H groups in total.